The lowest BCUT2D eigenvalue weighted by Gasteiger charge is -2.62. The van der Waals surface area contributed by atoms with Gasteiger partial charge in [0.2, 0.25) is 0 Å². The van der Waals surface area contributed by atoms with Crippen LogP contribution in [0.25, 0.3) is 0 Å². The third-order valence-corrected chi connectivity index (χ3v) is 10.3. The van der Waals surface area contributed by atoms with Crippen molar-refractivity contribution in [3.63, 3.8) is 0 Å². The molecule has 0 aromatic heterocycles. The van der Waals surface area contributed by atoms with Gasteiger partial charge in [0.15, 0.2) is 0 Å². The molecule has 0 aliphatic heterocycles. The SMILES string of the molecule is C[C@H](CCC(=O)O)[C@H]1C[C@H](O)[C@H]2[C@@H]3CC[C@@H]4C[C@H](O)CC[C@]4(C)[C@H]3C[C@H](O)[C@@]21C. The molecule has 0 amide bonds. The highest BCUT2D eigenvalue weighted by molar-refractivity contribution is 5.66. The Hall–Kier alpha value is -0.650. The number of aliphatic hydroxyl groups is 3. The first-order chi connectivity index (χ1) is 13.6. The first kappa shape index (κ1) is 21.6. The average molecular weight is 409 g/mol. The van der Waals surface area contributed by atoms with Crippen molar-refractivity contribution in [1.29, 1.82) is 0 Å². The van der Waals surface area contributed by atoms with Crippen LogP contribution in [-0.4, -0.2) is 44.7 Å². The topological polar surface area (TPSA) is 98.0 Å². The summed E-state index contributed by atoms with van der Waals surface area (Å²) in [5.74, 6) is 1.02. The number of hydrogen-bond acceptors (Lipinski definition) is 4. The second-order valence-electron chi connectivity index (χ2n) is 11.4. The van der Waals surface area contributed by atoms with Crippen molar-refractivity contribution in [3.8, 4) is 0 Å². The molecule has 5 nitrogen and oxygen atoms in total. The van der Waals surface area contributed by atoms with Crippen LogP contribution in [0.3, 0.4) is 0 Å². The minimum atomic E-state index is -0.771. The first-order valence-electron chi connectivity index (χ1n) is 11.8. The number of rotatable bonds is 4. The maximum atomic E-state index is 11.5. The fourth-order valence-corrected chi connectivity index (χ4v) is 8.72. The summed E-state index contributed by atoms with van der Waals surface area (Å²) in [5, 5.41) is 42.0. The highest BCUT2D eigenvalue weighted by atomic mass is 16.4. The van der Waals surface area contributed by atoms with E-state index < -0.39 is 18.2 Å². The molecule has 5 heteroatoms. The largest absolute Gasteiger partial charge is 0.481 e. The molecule has 0 spiro atoms. The molecule has 0 aromatic rings. The third kappa shape index (κ3) is 3.27. The predicted octanol–water partition coefficient (Wildman–Crippen LogP) is 3.45. The quantitative estimate of drug-likeness (QED) is 0.571. The summed E-state index contributed by atoms with van der Waals surface area (Å²) in [6.07, 6.45) is 6.13. The highest BCUT2D eigenvalue weighted by Crippen LogP contribution is 2.68. The number of carboxylic acids is 1. The molecular formula is C24H40O5. The van der Waals surface area contributed by atoms with Gasteiger partial charge in [-0.3, -0.25) is 4.79 Å². The molecule has 0 aromatic carbocycles. The smallest absolute Gasteiger partial charge is 0.303 e. The predicted molar refractivity (Wildman–Crippen MR) is 110 cm³/mol. The average Bonchev–Trinajstić information content (AvgIpc) is 2.94. The molecule has 4 N–H and O–H groups in total. The summed E-state index contributed by atoms with van der Waals surface area (Å²) in [6.45, 7) is 6.66. The molecule has 4 rings (SSSR count). The molecule has 29 heavy (non-hydrogen) atoms. The van der Waals surface area contributed by atoms with Crippen LogP contribution >= 0.6 is 0 Å². The molecule has 0 unspecified atom stereocenters. The van der Waals surface area contributed by atoms with Crippen molar-refractivity contribution in [2.45, 2.75) is 96.9 Å². The maximum Gasteiger partial charge on any atom is 0.303 e. The number of carboxylic acid groups (broad SMARTS) is 1. The Balaban J connectivity index is 1.61. The van der Waals surface area contributed by atoms with E-state index in [0.717, 1.165) is 38.5 Å². The second-order valence-corrected chi connectivity index (χ2v) is 11.4. The van der Waals surface area contributed by atoms with E-state index in [1.54, 1.807) is 0 Å². The van der Waals surface area contributed by atoms with Crippen LogP contribution in [0.5, 0.6) is 0 Å². The Kier molecular flexibility index (Phi) is 5.57. The van der Waals surface area contributed by atoms with Gasteiger partial charge in [0.05, 0.1) is 18.3 Å². The number of carbonyl (C=O) groups is 1. The summed E-state index contributed by atoms with van der Waals surface area (Å²) in [7, 11) is 0. The Morgan fingerprint density at radius 2 is 1.79 bits per heavy atom. The fraction of sp³-hybridized carbons (Fsp3) is 0.958. The van der Waals surface area contributed by atoms with Crippen molar-refractivity contribution in [2.24, 2.45) is 46.3 Å². The van der Waals surface area contributed by atoms with Gasteiger partial charge >= 0.3 is 5.97 Å². The normalized spacial score (nSPS) is 52.9. The summed E-state index contributed by atoms with van der Waals surface area (Å²) in [4.78, 5) is 11.1. The van der Waals surface area contributed by atoms with E-state index in [9.17, 15) is 20.1 Å². The van der Waals surface area contributed by atoms with Crippen molar-refractivity contribution >= 4 is 5.97 Å². The lowest BCUT2D eigenvalue weighted by atomic mass is 9.43. The minimum Gasteiger partial charge on any atom is -0.481 e. The van der Waals surface area contributed by atoms with Crippen molar-refractivity contribution in [2.75, 3.05) is 0 Å². The maximum absolute atomic E-state index is 11.5. The van der Waals surface area contributed by atoms with Crippen LogP contribution in [0.4, 0.5) is 0 Å². The lowest BCUT2D eigenvalue weighted by molar-refractivity contribution is -0.186. The van der Waals surface area contributed by atoms with Gasteiger partial charge in [0, 0.05) is 11.8 Å². The van der Waals surface area contributed by atoms with Crippen LogP contribution in [0.15, 0.2) is 0 Å². The monoisotopic (exact) mass is 408 g/mol. The van der Waals surface area contributed by atoms with Gasteiger partial charge in [-0.15, -0.1) is 0 Å². The molecule has 0 radical (unpaired) electrons. The molecule has 0 bridgehead atoms. The summed E-state index contributed by atoms with van der Waals surface area (Å²) >= 11 is 0. The molecule has 0 saturated heterocycles. The van der Waals surface area contributed by atoms with Gasteiger partial charge in [-0.1, -0.05) is 20.8 Å². The van der Waals surface area contributed by atoms with E-state index in [0.29, 0.717) is 30.6 Å². The minimum absolute atomic E-state index is 0.0955. The van der Waals surface area contributed by atoms with E-state index in [1.807, 2.05) is 0 Å². The zero-order valence-electron chi connectivity index (χ0n) is 18.3. The van der Waals surface area contributed by atoms with Crippen LogP contribution in [0, 0.1) is 46.3 Å². The zero-order valence-corrected chi connectivity index (χ0v) is 18.3. The molecule has 4 fully saturated rings. The number of fused-ring (bicyclic) bond motifs is 5. The molecular weight excluding hydrogens is 368 g/mol. The van der Waals surface area contributed by atoms with Crippen LogP contribution in [0.2, 0.25) is 0 Å². The highest BCUT2D eigenvalue weighted by Gasteiger charge is 2.66. The van der Waals surface area contributed by atoms with Crippen molar-refractivity contribution < 1.29 is 25.2 Å². The molecule has 4 saturated carbocycles. The first-order valence-corrected chi connectivity index (χ1v) is 11.8. The zero-order chi connectivity index (χ0) is 21.1. The molecule has 4 aliphatic carbocycles. The molecule has 4 aliphatic rings. The molecule has 11 atom stereocenters. The van der Waals surface area contributed by atoms with Crippen molar-refractivity contribution in [3.05, 3.63) is 0 Å². The Morgan fingerprint density at radius 1 is 1.07 bits per heavy atom. The van der Waals surface area contributed by atoms with Crippen LogP contribution in [-0.2, 0) is 4.79 Å². The Labute approximate surface area is 174 Å². The Morgan fingerprint density at radius 3 is 2.48 bits per heavy atom. The molecule has 166 valence electrons. The van der Waals surface area contributed by atoms with Gasteiger partial charge in [0.25, 0.3) is 0 Å². The number of aliphatic hydroxyl groups excluding tert-OH is 3. The van der Waals surface area contributed by atoms with Gasteiger partial charge in [0.1, 0.15) is 0 Å². The van der Waals surface area contributed by atoms with Gasteiger partial charge < -0.3 is 20.4 Å². The summed E-state index contributed by atoms with van der Waals surface area (Å²) in [5.41, 5.74) is -0.187. The summed E-state index contributed by atoms with van der Waals surface area (Å²) < 4.78 is 0. The second kappa shape index (κ2) is 7.49. The number of hydrogen-bond donors (Lipinski definition) is 4. The van der Waals surface area contributed by atoms with E-state index in [2.05, 4.69) is 20.8 Å². The van der Waals surface area contributed by atoms with E-state index in [-0.39, 0.29) is 41.1 Å². The van der Waals surface area contributed by atoms with E-state index >= 15 is 0 Å². The van der Waals surface area contributed by atoms with Gasteiger partial charge in [-0.05, 0) is 92.3 Å². The Bertz CT molecular complexity index is 637. The fourth-order valence-electron chi connectivity index (χ4n) is 8.72. The van der Waals surface area contributed by atoms with E-state index in [1.165, 1.54) is 0 Å². The van der Waals surface area contributed by atoms with Crippen molar-refractivity contribution in [1.82, 2.24) is 0 Å². The number of aliphatic carboxylic acids is 1. The lowest BCUT2D eigenvalue weighted by Crippen LogP contribution is -2.60. The standard InChI is InChI=1S/C24H40O5/c1-13(4-7-21(28)29)17-11-19(26)22-16-6-5-14-10-15(25)8-9-23(14,2)18(16)12-20(27)24(17,22)3/h13-20,22,25-27H,4-12H2,1-3H3,(H,28,29)/t13-,14-,15-,16-,17-,18+,19+,20+,22-,23+,24+/m1/s1. The van der Waals surface area contributed by atoms with Gasteiger partial charge in [-0.25, -0.2) is 0 Å². The van der Waals surface area contributed by atoms with Crippen LogP contribution < -0.4 is 0 Å². The third-order valence-electron chi connectivity index (χ3n) is 10.3. The van der Waals surface area contributed by atoms with E-state index in [4.69, 9.17) is 5.11 Å². The summed E-state index contributed by atoms with van der Waals surface area (Å²) in [6, 6.07) is 0. The van der Waals surface area contributed by atoms with Gasteiger partial charge in [-0.2, -0.15) is 0 Å². The molecule has 0 heterocycles. The van der Waals surface area contributed by atoms with Crippen LogP contribution in [0.1, 0.15) is 78.6 Å².